The van der Waals surface area contributed by atoms with E-state index in [1.165, 1.54) is 0 Å². The van der Waals surface area contributed by atoms with Crippen molar-refractivity contribution >= 4 is 5.82 Å². The van der Waals surface area contributed by atoms with Gasteiger partial charge >= 0.3 is 0 Å². The zero-order valence-corrected chi connectivity index (χ0v) is 9.09. The molecular weight excluding hydrogens is 192 g/mol. The SMILES string of the molecule is CCN1CCOC(Cn2cnc(N)c2)C1. The number of likely N-dealkylation sites (N-methyl/N-ethyl adjacent to an activating group) is 1. The van der Waals surface area contributed by atoms with Crippen molar-refractivity contribution in [2.24, 2.45) is 0 Å². The quantitative estimate of drug-likeness (QED) is 0.773. The van der Waals surface area contributed by atoms with Crippen molar-refractivity contribution in [2.75, 3.05) is 32.0 Å². The third kappa shape index (κ3) is 2.70. The van der Waals surface area contributed by atoms with Crippen molar-refractivity contribution in [1.82, 2.24) is 14.5 Å². The van der Waals surface area contributed by atoms with Crippen molar-refractivity contribution in [3.8, 4) is 0 Å². The van der Waals surface area contributed by atoms with Gasteiger partial charge < -0.3 is 15.0 Å². The van der Waals surface area contributed by atoms with Crippen LogP contribution in [0, 0.1) is 0 Å². The fraction of sp³-hybridized carbons (Fsp3) is 0.700. The summed E-state index contributed by atoms with van der Waals surface area (Å²) in [6.07, 6.45) is 3.85. The zero-order chi connectivity index (χ0) is 10.7. The van der Waals surface area contributed by atoms with Crippen LogP contribution in [0.2, 0.25) is 0 Å². The van der Waals surface area contributed by atoms with E-state index in [9.17, 15) is 0 Å². The number of hydrogen-bond donors (Lipinski definition) is 1. The van der Waals surface area contributed by atoms with Crippen LogP contribution in [-0.2, 0) is 11.3 Å². The lowest BCUT2D eigenvalue weighted by molar-refractivity contribution is -0.0343. The Morgan fingerprint density at radius 1 is 1.67 bits per heavy atom. The van der Waals surface area contributed by atoms with Crippen LogP contribution in [0.4, 0.5) is 5.82 Å². The highest BCUT2D eigenvalue weighted by Crippen LogP contribution is 2.08. The van der Waals surface area contributed by atoms with Gasteiger partial charge in [0.25, 0.3) is 0 Å². The Morgan fingerprint density at radius 3 is 3.20 bits per heavy atom. The molecule has 1 unspecified atom stereocenters. The van der Waals surface area contributed by atoms with E-state index >= 15 is 0 Å². The van der Waals surface area contributed by atoms with Crippen LogP contribution in [0.5, 0.6) is 0 Å². The van der Waals surface area contributed by atoms with Gasteiger partial charge in [-0.2, -0.15) is 0 Å². The Bertz CT molecular complexity index is 312. The molecule has 1 fully saturated rings. The normalized spacial score (nSPS) is 23.1. The van der Waals surface area contributed by atoms with Gasteiger partial charge in [-0.25, -0.2) is 4.98 Å². The van der Waals surface area contributed by atoms with E-state index in [1.54, 1.807) is 6.33 Å². The molecule has 1 saturated heterocycles. The predicted octanol–water partition coefficient (Wildman–Crippen LogP) is 0.186. The number of aromatic nitrogens is 2. The molecule has 0 amide bonds. The second kappa shape index (κ2) is 4.63. The maximum Gasteiger partial charge on any atom is 0.141 e. The van der Waals surface area contributed by atoms with Crippen LogP contribution in [0.15, 0.2) is 12.5 Å². The predicted molar refractivity (Wildman–Crippen MR) is 58.5 cm³/mol. The molecule has 5 heteroatoms. The summed E-state index contributed by atoms with van der Waals surface area (Å²) in [6.45, 7) is 6.96. The van der Waals surface area contributed by atoms with Crippen molar-refractivity contribution in [1.29, 1.82) is 0 Å². The molecule has 5 nitrogen and oxygen atoms in total. The Morgan fingerprint density at radius 2 is 2.53 bits per heavy atom. The first-order valence-corrected chi connectivity index (χ1v) is 5.39. The molecule has 1 aromatic heterocycles. The third-order valence-electron chi connectivity index (χ3n) is 2.74. The molecule has 15 heavy (non-hydrogen) atoms. The first-order chi connectivity index (χ1) is 7.28. The third-order valence-corrected chi connectivity index (χ3v) is 2.74. The minimum absolute atomic E-state index is 0.257. The molecule has 0 radical (unpaired) electrons. The Balaban J connectivity index is 1.88. The maximum atomic E-state index is 5.69. The fourth-order valence-corrected chi connectivity index (χ4v) is 1.89. The van der Waals surface area contributed by atoms with Crippen LogP contribution in [0.3, 0.4) is 0 Å². The largest absolute Gasteiger partial charge is 0.382 e. The summed E-state index contributed by atoms with van der Waals surface area (Å²) in [5.41, 5.74) is 5.55. The minimum Gasteiger partial charge on any atom is -0.382 e. The molecule has 0 spiro atoms. The number of rotatable bonds is 3. The Hall–Kier alpha value is -1.07. The van der Waals surface area contributed by atoms with Gasteiger partial charge in [0.1, 0.15) is 5.82 Å². The van der Waals surface area contributed by atoms with Gasteiger partial charge in [0.2, 0.25) is 0 Å². The van der Waals surface area contributed by atoms with E-state index < -0.39 is 0 Å². The molecule has 1 aliphatic heterocycles. The van der Waals surface area contributed by atoms with E-state index in [-0.39, 0.29) is 6.10 Å². The lowest BCUT2D eigenvalue weighted by atomic mass is 10.2. The number of ether oxygens (including phenoxy) is 1. The highest BCUT2D eigenvalue weighted by atomic mass is 16.5. The van der Waals surface area contributed by atoms with E-state index in [1.807, 2.05) is 10.8 Å². The van der Waals surface area contributed by atoms with Gasteiger partial charge in [-0.05, 0) is 6.54 Å². The van der Waals surface area contributed by atoms with E-state index in [4.69, 9.17) is 10.5 Å². The van der Waals surface area contributed by atoms with Gasteiger partial charge in [0, 0.05) is 19.3 Å². The molecule has 2 heterocycles. The molecule has 2 N–H and O–H groups in total. The second-order valence-electron chi connectivity index (χ2n) is 3.88. The van der Waals surface area contributed by atoms with Crippen molar-refractivity contribution in [3.63, 3.8) is 0 Å². The van der Waals surface area contributed by atoms with Crippen LogP contribution < -0.4 is 5.73 Å². The lowest BCUT2D eigenvalue weighted by Gasteiger charge is -2.32. The second-order valence-corrected chi connectivity index (χ2v) is 3.88. The summed E-state index contributed by atoms with van der Waals surface area (Å²) in [5.74, 6) is 0.568. The number of imidazole rings is 1. The molecule has 1 aromatic rings. The molecule has 0 aromatic carbocycles. The molecule has 0 saturated carbocycles. The zero-order valence-electron chi connectivity index (χ0n) is 9.09. The average molecular weight is 210 g/mol. The van der Waals surface area contributed by atoms with Gasteiger partial charge in [-0.3, -0.25) is 4.90 Å². The van der Waals surface area contributed by atoms with Crippen molar-refractivity contribution in [3.05, 3.63) is 12.5 Å². The van der Waals surface area contributed by atoms with Gasteiger partial charge in [-0.1, -0.05) is 6.92 Å². The maximum absolute atomic E-state index is 5.69. The summed E-state index contributed by atoms with van der Waals surface area (Å²) >= 11 is 0. The van der Waals surface area contributed by atoms with Gasteiger partial charge in [0.15, 0.2) is 0 Å². The molecule has 2 rings (SSSR count). The van der Waals surface area contributed by atoms with E-state index in [2.05, 4.69) is 16.8 Å². The van der Waals surface area contributed by atoms with Crippen LogP contribution in [-0.4, -0.2) is 46.8 Å². The van der Waals surface area contributed by atoms with Crippen LogP contribution in [0.1, 0.15) is 6.92 Å². The number of hydrogen-bond acceptors (Lipinski definition) is 4. The number of nitrogens with two attached hydrogens (primary N) is 1. The summed E-state index contributed by atoms with van der Waals surface area (Å²) in [6, 6.07) is 0. The number of nitrogens with zero attached hydrogens (tertiary/aromatic N) is 3. The van der Waals surface area contributed by atoms with E-state index in [0.29, 0.717) is 5.82 Å². The van der Waals surface area contributed by atoms with Crippen LogP contribution in [0.25, 0.3) is 0 Å². The molecule has 1 aliphatic rings. The number of morpholine rings is 1. The summed E-state index contributed by atoms with van der Waals surface area (Å²) in [7, 11) is 0. The molecule has 0 bridgehead atoms. The molecular formula is C10H18N4O. The van der Waals surface area contributed by atoms with Crippen LogP contribution >= 0.6 is 0 Å². The van der Waals surface area contributed by atoms with E-state index in [0.717, 1.165) is 32.8 Å². The monoisotopic (exact) mass is 210 g/mol. The highest BCUT2D eigenvalue weighted by Gasteiger charge is 2.19. The number of anilines is 1. The molecule has 1 atom stereocenters. The molecule has 84 valence electrons. The smallest absolute Gasteiger partial charge is 0.141 e. The summed E-state index contributed by atoms with van der Waals surface area (Å²) in [5, 5.41) is 0. The Kier molecular flexibility index (Phi) is 3.23. The standard InChI is InChI=1S/C10H18N4O/c1-2-13-3-4-15-9(5-13)6-14-7-10(11)12-8-14/h7-9H,2-6,11H2,1H3. The summed E-state index contributed by atoms with van der Waals surface area (Å²) in [4.78, 5) is 6.39. The first-order valence-electron chi connectivity index (χ1n) is 5.39. The Labute approximate surface area is 89.8 Å². The number of nitrogen functional groups attached to an aromatic ring is 1. The van der Waals surface area contributed by atoms with Gasteiger partial charge in [-0.15, -0.1) is 0 Å². The minimum atomic E-state index is 0.257. The van der Waals surface area contributed by atoms with Crippen molar-refractivity contribution < 1.29 is 4.74 Å². The van der Waals surface area contributed by atoms with Crippen molar-refractivity contribution in [2.45, 2.75) is 19.6 Å². The fourth-order valence-electron chi connectivity index (χ4n) is 1.89. The van der Waals surface area contributed by atoms with Gasteiger partial charge in [0.05, 0.1) is 25.6 Å². The summed E-state index contributed by atoms with van der Waals surface area (Å²) < 4.78 is 7.68. The molecule has 0 aliphatic carbocycles. The topological polar surface area (TPSA) is 56.3 Å². The highest BCUT2D eigenvalue weighted by molar-refractivity contribution is 5.22. The lowest BCUT2D eigenvalue weighted by Crippen LogP contribution is -2.43. The first kappa shape index (κ1) is 10.4. The average Bonchev–Trinajstić information content (AvgIpc) is 2.64.